The second kappa shape index (κ2) is 5.34. The lowest BCUT2D eigenvalue weighted by molar-refractivity contribution is 0.0678. The Labute approximate surface area is 131 Å². The first kappa shape index (κ1) is 13.8. The molecule has 4 heteroatoms. The zero-order valence-corrected chi connectivity index (χ0v) is 13.9. The lowest BCUT2D eigenvalue weighted by atomic mass is 10.00. The van der Waals surface area contributed by atoms with Crippen molar-refractivity contribution < 1.29 is 4.79 Å². The molecule has 104 valence electrons. The standard InChI is InChI=1S/C16H16BrNOS/c1-10-3-4-14(17)13(9-10)16(19)18-7-5-15-12(11(18)2)6-8-20-15/h3-4,6,8-9,11H,5,7H2,1-2H3. The summed E-state index contributed by atoms with van der Waals surface area (Å²) in [6, 6.07) is 8.23. The lowest BCUT2D eigenvalue weighted by Crippen LogP contribution is -2.38. The number of thiophene rings is 1. The van der Waals surface area contributed by atoms with Gasteiger partial charge in [0.25, 0.3) is 5.91 Å². The summed E-state index contributed by atoms with van der Waals surface area (Å²) < 4.78 is 0.872. The third kappa shape index (κ3) is 2.31. The van der Waals surface area contributed by atoms with Crippen LogP contribution in [0.3, 0.4) is 0 Å². The van der Waals surface area contributed by atoms with Crippen LogP contribution < -0.4 is 0 Å². The predicted octanol–water partition coefficient (Wildman–Crippen LogP) is 4.58. The van der Waals surface area contributed by atoms with Crippen LogP contribution in [-0.4, -0.2) is 17.4 Å². The zero-order chi connectivity index (χ0) is 14.3. The molecule has 0 spiro atoms. The van der Waals surface area contributed by atoms with Crippen LogP contribution >= 0.6 is 27.3 Å². The molecule has 0 saturated carbocycles. The van der Waals surface area contributed by atoms with Crippen molar-refractivity contribution in [3.63, 3.8) is 0 Å². The normalized spacial score (nSPS) is 17.9. The van der Waals surface area contributed by atoms with Gasteiger partial charge < -0.3 is 4.90 Å². The zero-order valence-electron chi connectivity index (χ0n) is 11.5. The van der Waals surface area contributed by atoms with E-state index in [2.05, 4.69) is 34.3 Å². The minimum absolute atomic E-state index is 0.116. The fraction of sp³-hybridized carbons (Fsp3) is 0.312. The van der Waals surface area contributed by atoms with E-state index in [-0.39, 0.29) is 11.9 Å². The van der Waals surface area contributed by atoms with Crippen molar-refractivity contribution in [1.82, 2.24) is 4.90 Å². The van der Waals surface area contributed by atoms with Gasteiger partial charge in [-0.25, -0.2) is 0 Å². The monoisotopic (exact) mass is 349 g/mol. The Morgan fingerprint density at radius 2 is 2.20 bits per heavy atom. The molecule has 1 amide bonds. The molecule has 0 N–H and O–H groups in total. The van der Waals surface area contributed by atoms with Gasteiger partial charge in [-0.1, -0.05) is 11.6 Å². The highest BCUT2D eigenvalue weighted by atomic mass is 79.9. The van der Waals surface area contributed by atoms with E-state index in [4.69, 9.17) is 0 Å². The first-order valence-corrected chi connectivity index (χ1v) is 8.38. The molecule has 1 unspecified atom stereocenters. The predicted molar refractivity (Wildman–Crippen MR) is 86.4 cm³/mol. The lowest BCUT2D eigenvalue weighted by Gasteiger charge is -2.34. The average molecular weight is 350 g/mol. The maximum atomic E-state index is 12.8. The third-order valence-corrected chi connectivity index (χ3v) is 5.58. The van der Waals surface area contributed by atoms with Crippen molar-refractivity contribution in [2.24, 2.45) is 0 Å². The van der Waals surface area contributed by atoms with Crippen molar-refractivity contribution in [3.05, 3.63) is 55.7 Å². The van der Waals surface area contributed by atoms with E-state index in [1.807, 2.05) is 30.0 Å². The smallest absolute Gasteiger partial charge is 0.255 e. The second-order valence-electron chi connectivity index (χ2n) is 5.21. The minimum Gasteiger partial charge on any atom is -0.331 e. The molecule has 0 aliphatic carbocycles. The summed E-state index contributed by atoms with van der Waals surface area (Å²) in [6.45, 7) is 4.93. The number of hydrogen-bond acceptors (Lipinski definition) is 2. The van der Waals surface area contributed by atoms with Crippen LogP contribution in [0.5, 0.6) is 0 Å². The fourth-order valence-electron chi connectivity index (χ4n) is 2.74. The van der Waals surface area contributed by atoms with Crippen LogP contribution in [0.1, 0.15) is 39.3 Å². The molecule has 2 nitrogen and oxygen atoms in total. The summed E-state index contributed by atoms with van der Waals surface area (Å²) in [5.74, 6) is 0.116. The SMILES string of the molecule is Cc1ccc(Br)c(C(=O)N2CCc3sccc3C2C)c1. The number of halogens is 1. The van der Waals surface area contributed by atoms with Crippen LogP contribution in [0, 0.1) is 6.92 Å². The van der Waals surface area contributed by atoms with E-state index < -0.39 is 0 Å². The van der Waals surface area contributed by atoms with Gasteiger partial charge in [-0.3, -0.25) is 4.79 Å². The Balaban J connectivity index is 1.94. The van der Waals surface area contributed by atoms with Gasteiger partial charge in [0.05, 0.1) is 11.6 Å². The van der Waals surface area contributed by atoms with E-state index >= 15 is 0 Å². The topological polar surface area (TPSA) is 20.3 Å². The van der Waals surface area contributed by atoms with E-state index in [1.165, 1.54) is 10.4 Å². The molecule has 1 aromatic heterocycles. The molecule has 20 heavy (non-hydrogen) atoms. The Kier molecular flexibility index (Phi) is 3.69. The molecule has 0 saturated heterocycles. The van der Waals surface area contributed by atoms with Gasteiger partial charge in [-0.05, 0) is 65.3 Å². The molecule has 1 atom stereocenters. The molecule has 1 aliphatic rings. The molecule has 2 aromatic rings. The van der Waals surface area contributed by atoms with Crippen molar-refractivity contribution in [1.29, 1.82) is 0 Å². The van der Waals surface area contributed by atoms with Gasteiger partial charge >= 0.3 is 0 Å². The number of hydrogen-bond donors (Lipinski definition) is 0. The number of aryl methyl sites for hydroxylation is 1. The number of rotatable bonds is 1. The Bertz CT molecular complexity index is 664. The van der Waals surface area contributed by atoms with Gasteiger partial charge in [0.2, 0.25) is 0 Å². The van der Waals surface area contributed by atoms with Crippen LogP contribution in [-0.2, 0) is 6.42 Å². The Morgan fingerprint density at radius 1 is 1.40 bits per heavy atom. The largest absolute Gasteiger partial charge is 0.331 e. The van der Waals surface area contributed by atoms with Gasteiger partial charge in [-0.2, -0.15) is 0 Å². The maximum Gasteiger partial charge on any atom is 0.255 e. The van der Waals surface area contributed by atoms with Crippen molar-refractivity contribution >= 4 is 33.2 Å². The highest BCUT2D eigenvalue weighted by molar-refractivity contribution is 9.10. The molecular weight excluding hydrogens is 334 g/mol. The van der Waals surface area contributed by atoms with Crippen molar-refractivity contribution in [2.45, 2.75) is 26.3 Å². The second-order valence-corrected chi connectivity index (χ2v) is 7.06. The van der Waals surface area contributed by atoms with E-state index in [9.17, 15) is 4.79 Å². The van der Waals surface area contributed by atoms with Crippen LogP contribution in [0.15, 0.2) is 34.1 Å². The summed E-state index contributed by atoms with van der Waals surface area (Å²) in [6.07, 6.45) is 0.965. The molecular formula is C16H16BrNOS. The molecule has 0 radical (unpaired) electrons. The molecule has 2 heterocycles. The van der Waals surface area contributed by atoms with Gasteiger partial charge in [-0.15, -0.1) is 11.3 Å². The molecule has 0 bridgehead atoms. The number of amides is 1. The Hall–Kier alpha value is -1.13. The van der Waals surface area contributed by atoms with E-state index in [0.29, 0.717) is 0 Å². The molecule has 1 aromatic carbocycles. The number of carbonyl (C=O) groups is 1. The van der Waals surface area contributed by atoms with Crippen LogP contribution in [0.2, 0.25) is 0 Å². The van der Waals surface area contributed by atoms with Gasteiger partial charge in [0, 0.05) is 15.9 Å². The average Bonchev–Trinajstić information content (AvgIpc) is 2.90. The summed E-state index contributed by atoms with van der Waals surface area (Å²) in [5.41, 5.74) is 3.17. The highest BCUT2D eigenvalue weighted by Gasteiger charge is 2.29. The maximum absolute atomic E-state index is 12.8. The highest BCUT2D eigenvalue weighted by Crippen LogP contribution is 2.34. The summed E-state index contributed by atoms with van der Waals surface area (Å²) in [4.78, 5) is 16.2. The molecule has 0 fully saturated rings. The third-order valence-electron chi connectivity index (χ3n) is 3.89. The van der Waals surface area contributed by atoms with E-state index in [0.717, 1.165) is 28.6 Å². The minimum atomic E-state index is 0.116. The Morgan fingerprint density at radius 3 is 3.00 bits per heavy atom. The number of nitrogens with zero attached hydrogens (tertiary/aromatic N) is 1. The fourth-order valence-corrected chi connectivity index (χ4v) is 4.12. The summed E-state index contributed by atoms with van der Waals surface area (Å²) in [5, 5.41) is 2.12. The molecule has 3 rings (SSSR count). The van der Waals surface area contributed by atoms with Gasteiger partial charge in [0.1, 0.15) is 0 Å². The first-order valence-electron chi connectivity index (χ1n) is 6.71. The van der Waals surface area contributed by atoms with Crippen LogP contribution in [0.25, 0.3) is 0 Å². The number of carbonyl (C=O) groups excluding carboxylic acids is 1. The summed E-state index contributed by atoms with van der Waals surface area (Å²) in [7, 11) is 0. The van der Waals surface area contributed by atoms with E-state index in [1.54, 1.807) is 11.3 Å². The number of fused-ring (bicyclic) bond motifs is 1. The first-order chi connectivity index (χ1) is 9.58. The van der Waals surface area contributed by atoms with Crippen molar-refractivity contribution in [2.75, 3.05) is 6.54 Å². The molecule has 1 aliphatic heterocycles. The summed E-state index contributed by atoms with van der Waals surface area (Å²) >= 11 is 5.29. The quantitative estimate of drug-likeness (QED) is 0.737. The number of benzene rings is 1. The van der Waals surface area contributed by atoms with Gasteiger partial charge in [0.15, 0.2) is 0 Å². The van der Waals surface area contributed by atoms with Crippen molar-refractivity contribution in [3.8, 4) is 0 Å². The van der Waals surface area contributed by atoms with Crippen LogP contribution in [0.4, 0.5) is 0 Å².